The lowest BCUT2D eigenvalue weighted by Gasteiger charge is -2.37. The zero-order valence-corrected chi connectivity index (χ0v) is 13.5. The van der Waals surface area contributed by atoms with E-state index in [1.54, 1.807) is 7.11 Å². The van der Waals surface area contributed by atoms with Gasteiger partial charge in [0, 0.05) is 25.8 Å². The number of methoxy groups -OCH3 is 1. The van der Waals surface area contributed by atoms with Gasteiger partial charge >= 0.3 is 0 Å². The zero-order valence-electron chi connectivity index (χ0n) is 12.7. The molecule has 1 aliphatic rings. The Bertz CT molecular complexity index is 478. The van der Waals surface area contributed by atoms with E-state index in [-0.39, 0.29) is 6.10 Å². The summed E-state index contributed by atoms with van der Waals surface area (Å²) < 4.78 is 5.51. The van der Waals surface area contributed by atoms with Gasteiger partial charge in [0.15, 0.2) is 0 Å². The van der Waals surface area contributed by atoms with Crippen LogP contribution in [0.5, 0.6) is 0 Å². The highest BCUT2D eigenvalue weighted by Crippen LogP contribution is 2.22. The van der Waals surface area contributed by atoms with E-state index in [1.807, 2.05) is 24.3 Å². The number of piperidine rings is 1. The van der Waals surface area contributed by atoms with E-state index >= 15 is 0 Å². The monoisotopic (exact) mass is 308 g/mol. The molecule has 1 aromatic carbocycles. The van der Waals surface area contributed by atoms with Gasteiger partial charge in [0.05, 0.1) is 12.2 Å². The summed E-state index contributed by atoms with van der Waals surface area (Å²) in [5.41, 5.74) is 7.30. The summed E-state index contributed by atoms with van der Waals surface area (Å²) in [7, 11) is 1.76. The van der Waals surface area contributed by atoms with Crippen LogP contribution in [0.3, 0.4) is 0 Å². The highest BCUT2D eigenvalue weighted by atomic mass is 32.1. The average molecular weight is 308 g/mol. The van der Waals surface area contributed by atoms with Crippen molar-refractivity contribution in [1.82, 2.24) is 4.90 Å². The SMILES string of the molecule is COC1CN(CC(O)c2ccc(C(N)=S)cc2)CCC1C. The molecule has 0 aliphatic carbocycles. The van der Waals surface area contributed by atoms with E-state index in [2.05, 4.69) is 11.8 Å². The van der Waals surface area contributed by atoms with Gasteiger partial charge in [0.1, 0.15) is 4.99 Å². The summed E-state index contributed by atoms with van der Waals surface area (Å²) in [5.74, 6) is 0.577. The molecule has 1 aliphatic heterocycles. The van der Waals surface area contributed by atoms with Gasteiger partial charge < -0.3 is 15.6 Å². The third kappa shape index (κ3) is 4.23. The predicted octanol–water partition coefficient (Wildman–Crippen LogP) is 1.71. The molecule has 0 amide bonds. The molecule has 21 heavy (non-hydrogen) atoms. The quantitative estimate of drug-likeness (QED) is 0.811. The molecule has 2 rings (SSSR count). The number of likely N-dealkylation sites (tertiary alicyclic amines) is 1. The van der Waals surface area contributed by atoms with Gasteiger partial charge in [-0.1, -0.05) is 43.4 Å². The molecule has 0 aromatic heterocycles. The van der Waals surface area contributed by atoms with Crippen LogP contribution in [-0.2, 0) is 4.74 Å². The van der Waals surface area contributed by atoms with E-state index < -0.39 is 6.10 Å². The van der Waals surface area contributed by atoms with Crippen LogP contribution in [0.2, 0.25) is 0 Å². The molecule has 0 bridgehead atoms. The van der Waals surface area contributed by atoms with Crippen LogP contribution in [-0.4, -0.2) is 47.8 Å². The molecule has 0 saturated carbocycles. The Morgan fingerprint density at radius 3 is 2.71 bits per heavy atom. The maximum Gasteiger partial charge on any atom is 0.103 e. The van der Waals surface area contributed by atoms with Crippen LogP contribution in [0, 0.1) is 5.92 Å². The molecule has 1 heterocycles. The molecule has 1 fully saturated rings. The van der Waals surface area contributed by atoms with Gasteiger partial charge in [-0.25, -0.2) is 0 Å². The van der Waals surface area contributed by atoms with Crippen LogP contribution in [0.4, 0.5) is 0 Å². The Morgan fingerprint density at radius 1 is 1.48 bits per heavy atom. The number of hydrogen-bond acceptors (Lipinski definition) is 4. The van der Waals surface area contributed by atoms with Crippen LogP contribution >= 0.6 is 12.2 Å². The van der Waals surface area contributed by atoms with Gasteiger partial charge in [-0.2, -0.15) is 0 Å². The minimum Gasteiger partial charge on any atom is -0.389 e. The predicted molar refractivity (Wildman–Crippen MR) is 88.3 cm³/mol. The van der Waals surface area contributed by atoms with Crippen molar-refractivity contribution >= 4 is 17.2 Å². The number of hydrogen-bond donors (Lipinski definition) is 2. The molecule has 5 heteroatoms. The Morgan fingerprint density at radius 2 is 2.14 bits per heavy atom. The number of β-amino-alcohol motifs (C(OH)–C–C–N with tert-alkyl or cyclic N) is 1. The van der Waals surface area contributed by atoms with Gasteiger partial charge in [-0.3, -0.25) is 4.90 Å². The summed E-state index contributed by atoms with van der Waals surface area (Å²) in [6.45, 7) is 4.72. The molecule has 1 saturated heterocycles. The fraction of sp³-hybridized carbons (Fsp3) is 0.562. The van der Waals surface area contributed by atoms with Crippen molar-refractivity contribution in [1.29, 1.82) is 0 Å². The second-order valence-corrected chi connectivity index (χ2v) is 6.24. The molecule has 3 unspecified atom stereocenters. The van der Waals surface area contributed by atoms with Crippen LogP contribution in [0.15, 0.2) is 24.3 Å². The third-order valence-electron chi connectivity index (χ3n) is 4.29. The standard InChI is InChI=1S/C16H24N2O2S/c1-11-7-8-18(10-15(11)20-2)9-14(19)12-3-5-13(6-4-12)16(17)21/h3-6,11,14-15,19H,7-10H2,1-2H3,(H2,17,21). The Kier molecular flexibility index (Phi) is 5.70. The van der Waals surface area contributed by atoms with Gasteiger partial charge in [-0.05, 0) is 24.4 Å². The van der Waals surface area contributed by atoms with Crippen molar-refractivity contribution in [2.75, 3.05) is 26.7 Å². The van der Waals surface area contributed by atoms with Crippen LogP contribution in [0.1, 0.15) is 30.6 Å². The first-order valence-electron chi connectivity index (χ1n) is 7.34. The first kappa shape index (κ1) is 16.4. The summed E-state index contributed by atoms with van der Waals surface area (Å²) in [6, 6.07) is 7.49. The summed E-state index contributed by atoms with van der Waals surface area (Å²) in [5, 5.41) is 10.4. The Balaban J connectivity index is 1.94. The van der Waals surface area contributed by atoms with E-state index in [9.17, 15) is 5.11 Å². The second-order valence-electron chi connectivity index (χ2n) is 5.80. The lowest BCUT2D eigenvalue weighted by atomic mass is 9.95. The highest BCUT2D eigenvalue weighted by Gasteiger charge is 2.27. The average Bonchev–Trinajstić information content (AvgIpc) is 2.49. The molecule has 4 nitrogen and oxygen atoms in total. The maximum absolute atomic E-state index is 10.4. The normalized spacial score (nSPS) is 24.7. The number of nitrogens with zero attached hydrogens (tertiary/aromatic N) is 1. The van der Waals surface area contributed by atoms with E-state index in [1.165, 1.54) is 0 Å². The largest absolute Gasteiger partial charge is 0.389 e. The Labute approximate surface area is 131 Å². The summed E-state index contributed by atoms with van der Waals surface area (Å²) in [6.07, 6.45) is 0.852. The van der Waals surface area contributed by atoms with Crippen molar-refractivity contribution in [3.8, 4) is 0 Å². The van der Waals surface area contributed by atoms with Crippen LogP contribution in [0.25, 0.3) is 0 Å². The first-order chi connectivity index (χ1) is 10.0. The minimum atomic E-state index is -0.503. The summed E-state index contributed by atoms with van der Waals surface area (Å²) >= 11 is 4.93. The molecular weight excluding hydrogens is 284 g/mol. The smallest absolute Gasteiger partial charge is 0.103 e. The van der Waals surface area contributed by atoms with Gasteiger partial charge in [0.25, 0.3) is 0 Å². The third-order valence-corrected chi connectivity index (χ3v) is 4.52. The van der Waals surface area contributed by atoms with Crippen molar-refractivity contribution in [2.24, 2.45) is 11.7 Å². The van der Waals surface area contributed by atoms with E-state index in [0.29, 0.717) is 17.5 Å². The number of benzene rings is 1. The number of nitrogens with two attached hydrogens (primary N) is 1. The lowest BCUT2D eigenvalue weighted by Crippen LogP contribution is -2.45. The van der Waals surface area contributed by atoms with Crippen molar-refractivity contribution in [3.05, 3.63) is 35.4 Å². The highest BCUT2D eigenvalue weighted by molar-refractivity contribution is 7.80. The van der Waals surface area contributed by atoms with Crippen LogP contribution < -0.4 is 5.73 Å². The number of aliphatic hydroxyl groups is 1. The fourth-order valence-corrected chi connectivity index (χ4v) is 2.93. The van der Waals surface area contributed by atoms with E-state index in [0.717, 1.165) is 30.6 Å². The summed E-state index contributed by atoms with van der Waals surface area (Å²) in [4.78, 5) is 2.64. The van der Waals surface area contributed by atoms with E-state index in [4.69, 9.17) is 22.7 Å². The number of thiocarbonyl (C=S) groups is 1. The molecule has 3 atom stereocenters. The Hall–Kier alpha value is -1.01. The second kappa shape index (κ2) is 7.31. The van der Waals surface area contributed by atoms with Gasteiger partial charge in [0.2, 0.25) is 0 Å². The number of rotatable bonds is 5. The van der Waals surface area contributed by atoms with Crippen molar-refractivity contribution in [3.63, 3.8) is 0 Å². The molecule has 0 radical (unpaired) electrons. The zero-order chi connectivity index (χ0) is 15.4. The molecule has 0 spiro atoms. The van der Waals surface area contributed by atoms with Crippen molar-refractivity contribution in [2.45, 2.75) is 25.6 Å². The number of ether oxygens (including phenoxy) is 1. The topological polar surface area (TPSA) is 58.7 Å². The maximum atomic E-state index is 10.4. The minimum absolute atomic E-state index is 0.253. The fourth-order valence-electron chi connectivity index (χ4n) is 2.79. The molecule has 1 aromatic rings. The van der Waals surface area contributed by atoms with Gasteiger partial charge in [-0.15, -0.1) is 0 Å². The number of aliphatic hydroxyl groups excluding tert-OH is 1. The molecule has 116 valence electrons. The van der Waals surface area contributed by atoms with Crippen molar-refractivity contribution < 1.29 is 9.84 Å². The lowest BCUT2D eigenvalue weighted by molar-refractivity contribution is -0.0180. The molecule has 3 N–H and O–H groups in total. The first-order valence-corrected chi connectivity index (χ1v) is 7.75. The molecular formula is C16H24N2O2S.